The van der Waals surface area contributed by atoms with E-state index in [0.29, 0.717) is 38.0 Å². The molecule has 1 N–H and O–H groups in total. The first-order chi connectivity index (χ1) is 21.3. The number of fused-ring (bicyclic) bond motifs is 2. The second-order valence-electron chi connectivity index (χ2n) is 14.1. The highest BCUT2D eigenvalue weighted by Crippen LogP contribution is 2.53. The predicted octanol–water partition coefficient (Wildman–Crippen LogP) is 5.67. The van der Waals surface area contributed by atoms with Crippen LogP contribution in [0.3, 0.4) is 0 Å². The van der Waals surface area contributed by atoms with E-state index in [1.54, 1.807) is 4.31 Å². The molecule has 1 aliphatic carbocycles. The summed E-state index contributed by atoms with van der Waals surface area (Å²) < 4.78 is 30.7. The maximum absolute atomic E-state index is 14.3. The van der Waals surface area contributed by atoms with Gasteiger partial charge in [-0.15, -0.1) is 0 Å². The van der Waals surface area contributed by atoms with Gasteiger partial charge in [-0.3, -0.25) is 9.48 Å². The highest BCUT2D eigenvalue weighted by molar-refractivity contribution is 7.88. The maximum atomic E-state index is 14.3. The molecule has 4 heterocycles. The molecule has 1 aromatic heterocycles. The van der Waals surface area contributed by atoms with E-state index in [1.165, 1.54) is 37.8 Å². The minimum absolute atomic E-state index is 0.0590. The first-order valence-electron chi connectivity index (χ1n) is 17.3. The molecular weight excluding hydrogens is 572 g/mol. The minimum Gasteiger partial charge on any atom is -0.396 e. The molecule has 1 spiro atoms. The lowest BCUT2D eigenvalue weighted by atomic mass is 9.57. The fourth-order valence-corrected chi connectivity index (χ4v) is 10.7. The second-order valence-corrected chi connectivity index (χ2v) is 16.1. The summed E-state index contributed by atoms with van der Waals surface area (Å²) in [6.45, 7) is 5.42. The van der Waals surface area contributed by atoms with Crippen molar-refractivity contribution in [1.29, 1.82) is 0 Å². The Kier molecular flexibility index (Phi) is 9.84. The Balaban J connectivity index is 1.30. The van der Waals surface area contributed by atoms with E-state index in [4.69, 9.17) is 5.10 Å². The van der Waals surface area contributed by atoms with Crippen LogP contribution in [0.2, 0.25) is 0 Å². The van der Waals surface area contributed by atoms with Crippen molar-refractivity contribution in [2.24, 2.45) is 17.8 Å². The van der Waals surface area contributed by atoms with E-state index in [-0.39, 0.29) is 29.6 Å². The van der Waals surface area contributed by atoms with Crippen LogP contribution < -0.4 is 0 Å². The number of aryl methyl sites for hydroxylation is 2. The third kappa shape index (κ3) is 6.38. The molecule has 1 aromatic carbocycles. The van der Waals surface area contributed by atoms with Crippen molar-refractivity contribution in [2.45, 2.75) is 108 Å². The Bertz CT molecular complexity index is 1370. The third-order valence-corrected chi connectivity index (χ3v) is 13.3. The number of aliphatic hydroxyl groups excluding tert-OH is 1. The lowest BCUT2D eigenvalue weighted by Crippen LogP contribution is -2.50. The lowest BCUT2D eigenvalue weighted by Gasteiger charge is -2.50. The van der Waals surface area contributed by atoms with Crippen LogP contribution in [0.25, 0.3) is 0 Å². The lowest BCUT2D eigenvalue weighted by molar-refractivity contribution is 0.0654. The van der Waals surface area contributed by atoms with Gasteiger partial charge in [-0.2, -0.15) is 5.10 Å². The van der Waals surface area contributed by atoms with Crippen LogP contribution in [0.5, 0.6) is 0 Å². The fourth-order valence-electron chi connectivity index (χ4n) is 9.16. The number of aliphatic hydroxyl groups is 1. The molecule has 1 amide bonds. The first-order valence-corrected chi connectivity index (χ1v) is 18.9. The van der Waals surface area contributed by atoms with Gasteiger partial charge in [0.25, 0.3) is 5.91 Å². The van der Waals surface area contributed by atoms with Crippen molar-refractivity contribution in [1.82, 2.24) is 19.0 Å². The first kappa shape index (κ1) is 31.7. The summed E-state index contributed by atoms with van der Waals surface area (Å²) >= 11 is 0. The molecule has 242 valence electrons. The van der Waals surface area contributed by atoms with E-state index < -0.39 is 10.0 Å². The Morgan fingerprint density at radius 1 is 0.909 bits per heavy atom. The van der Waals surface area contributed by atoms with Gasteiger partial charge in [0.05, 0.1) is 22.7 Å². The molecule has 2 saturated heterocycles. The van der Waals surface area contributed by atoms with E-state index in [0.717, 1.165) is 74.7 Å². The van der Waals surface area contributed by atoms with Gasteiger partial charge in [0, 0.05) is 50.7 Å². The summed E-state index contributed by atoms with van der Waals surface area (Å²) in [7, 11) is -3.37. The van der Waals surface area contributed by atoms with Gasteiger partial charge in [0.1, 0.15) is 0 Å². The third-order valence-electron chi connectivity index (χ3n) is 11.4. The van der Waals surface area contributed by atoms with E-state index in [1.807, 2.05) is 42.2 Å². The summed E-state index contributed by atoms with van der Waals surface area (Å²) in [6.07, 6.45) is 14.4. The number of nitrogens with zero attached hydrogens (tertiary/aromatic N) is 4. The molecule has 3 fully saturated rings. The van der Waals surface area contributed by atoms with E-state index >= 15 is 0 Å². The number of hydrogen-bond acceptors (Lipinski definition) is 5. The maximum Gasteiger partial charge on any atom is 0.257 e. The monoisotopic (exact) mass is 624 g/mol. The number of rotatable bonds is 6. The number of likely N-dealkylation sites (tertiary alicyclic amines) is 1. The van der Waals surface area contributed by atoms with Gasteiger partial charge < -0.3 is 10.0 Å². The van der Waals surface area contributed by atoms with Crippen molar-refractivity contribution in [3.05, 3.63) is 52.8 Å². The van der Waals surface area contributed by atoms with Gasteiger partial charge in [0.2, 0.25) is 10.0 Å². The molecular formula is C35H52N4O4S. The SMILES string of the molecule is Cc1nn2c(c1C(=O)N1CCC(CO)C1)C1(CCCCCCCCC1)C(C1CCN(S(=O)(=O)Cc3ccccc3)CC1)CC2. The van der Waals surface area contributed by atoms with Gasteiger partial charge in [0.15, 0.2) is 0 Å². The molecule has 2 unspecified atom stereocenters. The van der Waals surface area contributed by atoms with Crippen LogP contribution in [0.1, 0.15) is 111 Å². The second kappa shape index (κ2) is 13.6. The Morgan fingerprint density at radius 2 is 1.57 bits per heavy atom. The van der Waals surface area contributed by atoms with Crippen LogP contribution in [0.15, 0.2) is 30.3 Å². The van der Waals surface area contributed by atoms with Crippen molar-refractivity contribution in [2.75, 3.05) is 32.8 Å². The molecule has 2 atom stereocenters. The van der Waals surface area contributed by atoms with E-state index in [9.17, 15) is 18.3 Å². The highest BCUT2D eigenvalue weighted by atomic mass is 32.2. The smallest absolute Gasteiger partial charge is 0.257 e. The Labute approximate surface area is 264 Å². The molecule has 3 aliphatic heterocycles. The number of piperidine rings is 1. The molecule has 1 saturated carbocycles. The summed E-state index contributed by atoms with van der Waals surface area (Å²) in [4.78, 5) is 16.2. The number of aromatic nitrogens is 2. The average Bonchev–Trinajstić information content (AvgIpc) is 3.65. The summed E-state index contributed by atoms with van der Waals surface area (Å²) in [5, 5.41) is 14.8. The van der Waals surface area contributed by atoms with Crippen molar-refractivity contribution in [3.63, 3.8) is 0 Å². The molecule has 4 aliphatic rings. The Morgan fingerprint density at radius 3 is 2.20 bits per heavy atom. The van der Waals surface area contributed by atoms with Crippen molar-refractivity contribution in [3.8, 4) is 0 Å². The number of carbonyl (C=O) groups is 1. The van der Waals surface area contributed by atoms with Crippen LogP contribution in [0.4, 0.5) is 0 Å². The quantitative estimate of drug-likeness (QED) is 0.447. The number of sulfonamides is 1. The average molecular weight is 625 g/mol. The minimum atomic E-state index is -3.37. The number of amides is 1. The van der Waals surface area contributed by atoms with Crippen LogP contribution in [-0.4, -0.2) is 71.2 Å². The number of carbonyl (C=O) groups excluding carboxylic acids is 1. The normalized spacial score (nSPS) is 25.6. The van der Waals surface area contributed by atoms with E-state index in [2.05, 4.69) is 4.68 Å². The molecule has 6 rings (SSSR count). The van der Waals surface area contributed by atoms with Crippen LogP contribution in [0, 0.1) is 24.7 Å². The summed E-state index contributed by atoms with van der Waals surface area (Å²) in [5.74, 6) is 1.16. The highest BCUT2D eigenvalue weighted by Gasteiger charge is 2.51. The zero-order valence-corrected chi connectivity index (χ0v) is 27.4. The zero-order chi connectivity index (χ0) is 30.7. The largest absolute Gasteiger partial charge is 0.396 e. The standard InChI is InChI=1S/C35H52N4O4S/c1-27-32(34(41)37-20-14-29(24-37)25-40)33-35(18-10-5-3-2-4-6-11-19-35)31(17-23-39(33)36-27)30-15-21-38(22-16-30)44(42,43)26-28-12-8-7-9-13-28/h7-9,12-13,29-31,40H,2-6,10-11,14-26H2,1H3. The summed E-state index contributed by atoms with van der Waals surface area (Å²) in [6, 6.07) is 9.51. The predicted molar refractivity (Wildman–Crippen MR) is 173 cm³/mol. The zero-order valence-electron chi connectivity index (χ0n) is 26.6. The fraction of sp³-hybridized carbons (Fsp3) is 0.714. The Hall–Kier alpha value is -2.23. The van der Waals surface area contributed by atoms with Gasteiger partial charge in [-0.1, -0.05) is 75.3 Å². The molecule has 9 heteroatoms. The summed E-state index contributed by atoms with van der Waals surface area (Å²) in [5.41, 5.74) is 3.58. The topological polar surface area (TPSA) is 95.7 Å². The molecule has 2 aromatic rings. The van der Waals surface area contributed by atoms with Gasteiger partial charge >= 0.3 is 0 Å². The number of hydrogen-bond donors (Lipinski definition) is 1. The van der Waals surface area contributed by atoms with Crippen molar-refractivity contribution >= 4 is 15.9 Å². The number of benzene rings is 1. The molecule has 0 radical (unpaired) electrons. The van der Waals surface area contributed by atoms with Crippen molar-refractivity contribution < 1.29 is 18.3 Å². The molecule has 0 bridgehead atoms. The van der Waals surface area contributed by atoms with Crippen LogP contribution >= 0.6 is 0 Å². The molecule has 8 nitrogen and oxygen atoms in total. The van der Waals surface area contributed by atoms with Gasteiger partial charge in [-0.05, 0) is 62.8 Å². The van der Waals surface area contributed by atoms with Crippen LogP contribution in [-0.2, 0) is 27.7 Å². The molecule has 44 heavy (non-hydrogen) atoms. The van der Waals surface area contributed by atoms with Gasteiger partial charge in [-0.25, -0.2) is 12.7 Å².